The fourth-order valence-corrected chi connectivity index (χ4v) is 12.9. The number of carbonyl (C=O) groups is 1. The summed E-state index contributed by atoms with van der Waals surface area (Å²) in [5.74, 6) is -0.261. The molecule has 1 N–H and O–H groups in total. The molecule has 4 aliphatic rings. The van der Waals surface area contributed by atoms with E-state index >= 15 is 4.79 Å². The highest BCUT2D eigenvalue weighted by atomic mass is 28.4. The number of aliphatic hydroxyl groups is 1. The monoisotopic (exact) mass is 694 g/mol. The predicted molar refractivity (Wildman–Crippen MR) is 197 cm³/mol. The summed E-state index contributed by atoms with van der Waals surface area (Å²) in [6.07, 6.45) is -0.226. The zero-order chi connectivity index (χ0) is 35.6. The van der Waals surface area contributed by atoms with Crippen LogP contribution in [0.1, 0.15) is 95.9 Å². The summed E-state index contributed by atoms with van der Waals surface area (Å²) in [5.41, 5.74) is -1.02. The molecular weight excluding hydrogens is 625 g/mol. The van der Waals surface area contributed by atoms with Crippen LogP contribution in [0, 0.1) is 28.1 Å². The number of hydrogen-bond acceptors (Lipinski definition) is 6. The minimum atomic E-state index is -2.48. The molecule has 2 bridgehead atoms. The fraction of sp³-hybridized carbons (Fsp3) is 0.919. The van der Waals surface area contributed by atoms with Crippen molar-refractivity contribution in [2.75, 3.05) is 6.61 Å². The number of ketones is 1. The van der Waals surface area contributed by atoms with Gasteiger partial charge >= 0.3 is 0 Å². The lowest BCUT2D eigenvalue weighted by molar-refractivity contribution is -0.300. The van der Waals surface area contributed by atoms with Crippen molar-refractivity contribution in [1.29, 1.82) is 0 Å². The van der Waals surface area contributed by atoms with Gasteiger partial charge in [0.25, 0.3) is 0 Å². The molecule has 1 aliphatic heterocycles. The highest BCUT2D eigenvalue weighted by Gasteiger charge is 2.74. The second-order valence-electron chi connectivity index (χ2n) is 20.6. The van der Waals surface area contributed by atoms with Gasteiger partial charge in [-0.1, -0.05) is 69.2 Å². The molecule has 266 valence electrons. The highest BCUT2D eigenvalue weighted by molar-refractivity contribution is 6.74. The molecule has 2 saturated carbocycles. The molecule has 0 unspecified atom stereocenters. The SMILES string of the molecule is CC1=C2[C@@H](O[Si](C)(C)C(C)(C)C)C(=O)[C@]3(C)[C@@H](O[Si](C)(C)C(C)(C)C)C[C@H]4OC[C@@]4(C)[C@H]3[C@H](C)[C@](O)(C[C@@H]1O[Si](C)(C)C)C2(C)C. The van der Waals surface area contributed by atoms with Crippen LogP contribution in [0.15, 0.2) is 11.1 Å². The third-order valence-corrected chi connectivity index (χ3v) is 24.1. The standard InChI is InChI=1S/C37H70O6Si3/c1-23-25(41-44(13,14)15)21-37(39)24(2)30-35(11)22-40-26(35)20-27(42-45(16,17)32(3,4)5)36(30,12)31(38)29(28(23)34(37,9)10)43-46(18,19)33(6,7)8/h24-27,29-30,39H,20-22H2,1-19H3/t24-,25-,26+,27-,29+,30+,35+,36+,37+/m0/s1. The minimum Gasteiger partial charge on any atom is -0.413 e. The maximum atomic E-state index is 16.0. The van der Waals surface area contributed by atoms with Crippen molar-refractivity contribution in [1.82, 2.24) is 0 Å². The average Bonchev–Trinajstić information content (AvgIpc) is 2.84. The van der Waals surface area contributed by atoms with Gasteiger partial charge in [0, 0.05) is 23.7 Å². The second kappa shape index (κ2) is 11.2. The molecule has 3 fully saturated rings. The topological polar surface area (TPSA) is 74.2 Å². The van der Waals surface area contributed by atoms with Crippen LogP contribution in [0.25, 0.3) is 0 Å². The highest BCUT2D eigenvalue weighted by Crippen LogP contribution is 2.68. The van der Waals surface area contributed by atoms with E-state index in [1.807, 2.05) is 0 Å². The number of rotatable bonds is 6. The lowest BCUT2D eigenvalue weighted by Gasteiger charge is -2.70. The van der Waals surface area contributed by atoms with Crippen LogP contribution in [0.3, 0.4) is 0 Å². The molecular formula is C37H70O6Si3. The summed E-state index contributed by atoms with van der Waals surface area (Å²) in [6, 6.07) is 0. The smallest absolute Gasteiger partial charge is 0.193 e. The molecule has 1 heterocycles. The van der Waals surface area contributed by atoms with Gasteiger partial charge in [-0.2, -0.15) is 0 Å². The molecule has 0 aromatic carbocycles. The third kappa shape index (κ3) is 5.70. The summed E-state index contributed by atoms with van der Waals surface area (Å²) in [4.78, 5) is 16.0. The molecule has 3 aliphatic carbocycles. The largest absolute Gasteiger partial charge is 0.413 e. The molecule has 9 atom stereocenters. The van der Waals surface area contributed by atoms with Crippen molar-refractivity contribution in [3.8, 4) is 0 Å². The van der Waals surface area contributed by atoms with E-state index in [0.29, 0.717) is 19.4 Å². The van der Waals surface area contributed by atoms with Crippen LogP contribution in [-0.2, 0) is 22.8 Å². The van der Waals surface area contributed by atoms with E-state index in [1.54, 1.807) is 0 Å². The van der Waals surface area contributed by atoms with E-state index in [1.165, 1.54) is 0 Å². The molecule has 0 spiro atoms. The van der Waals surface area contributed by atoms with Gasteiger partial charge < -0.3 is 23.1 Å². The van der Waals surface area contributed by atoms with Crippen LogP contribution in [0.2, 0.25) is 55.9 Å². The molecule has 6 nitrogen and oxygen atoms in total. The van der Waals surface area contributed by atoms with Crippen LogP contribution in [0.5, 0.6) is 0 Å². The summed E-state index contributed by atoms with van der Waals surface area (Å²) in [6.45, 7) is 43.0. The molecule has 0 aromatic heterocycles. The van der Waals surface area contributed by atoms with Gasteiger partial charge in [-0.25, -0.2) is 0 Å². The molecule has 0 radical (unpaired) electrons. The van der Waals surface area contributed by atoms with Crippen LogP contribution in [0.4, 0.5) is 0 Å². The zero-order valence-corrected chi connectivity index (χ0v) is 36.1. The normalized spacial score (nSPS) is 40.5. The lowest BCUT2D eigenvalue weighted by atomic mass is 9.40. The van der Waals surface area contributed by atoms with Gasteiger partial charge in [-0.05, 0) is 92.7 Å². The number of hydrogen-bond donors (Lipinski definition) is 1. The van der Waals surface area contributed by atoms with Gasteiger partial charge in [0.1, 0.15) is 6.10 Å². The lowest BCUT2D eigenvalue weighted by Crippen LogP contribution is -2.76. The van der Waals surface area contributed by atoms with E-state index in [-0.39, 0.29) is 51.4 Å². The second-order valence-corrected chi connectivity index (χ2v) is 34.6. The summed E-state index contributed by atoms with van der Waals surface area (Å²) >= 11 is 0. The van der Waals surface area contributed by atoms with Crippen molar-refractivity contribution >= 4 is 30.7 Å². The fourth-order valence-electron chi connectivity index (χ4n) is 9.23. The van der Waals surface area contributed by atoms with E-state index < -0.39 is 47.5 Å². The number of fused-ring (bicyclic) bond motifs is 5. The summed E-state index contributed by atoms with van der Waals surface area (Å²) < 4.78 is 28.0. The maximum absolute atomic E-state index is 16.0. The minimum absolute atomic E-state index is 0.0177. The van der Waals surface area contributed by atoms with Crippen LogP contribution >= 0.6 is 0 Å². The van der Waals surface area contributed by atoms with E-state index in [4.69, 9.17) is 18.0 Å². The molecule has 1 saturated heterocycles. The number of ether oxygens (including phenoxy) is 1. The molecule has 4 rings (SSSR count). The number of Topliss-reactive ketones (excluding diaryl/α,β-unsaturated/α-hetero) is 1. The van der Waals surface area contributed by atoms with Crippen molar-refractivity contribution in [2.45, 2.75) is 182 Å². The number of carbonyl (C=O) groups excluding carboxylic acids is 1. The van der Waals surface area contributed by atoms with Crippen molar-refractivity contribution in [2.24, 2.45) is 28.1 Å². The molecule has 46 heavy (non-hydrogen) atoms. The molecule has 9 heteroatoms. The van der Waals surface area contributed by atoms with Gasteiger partial charge in [-0.15, -0.1) is 0 Å². The molecule has 0 aromatic rings. The van der Waals surface area contributed by atoms with E-state index in [2.05, 4.69) is 129 Å². The maximum Gasteiger partial charge on any atom is 0.193 e. The van der Waals surface area contributed by atoms with Crippen molar-refractivity contribution in [3.63, 3.8) is 0 Å². The summed E-state index contributed by atoms with van der Waals surface area (Å²) in [5, 5.41) is 13.3. The first kappa shape index (κ1) is 38.7. The van der Waals surface area contributed by atoms with Gasteiger partial charge in [0.2, 0.25) is 0 Å². The first-order chi connectivity index (χ1) is 20.3. The first-order valence-electron chi connectivity index (χ1n) is 17.9. The summed E-state index contributed by atoms with van der Waals surface area (Å²) in [7, 11) is -6.79. The van der Waals surface area contributed by atoms with Gasteiger partial charge in [-0.3, -0.25) is 4.79 Å². The Labute approximate surface area is 285 Å². The quantitative estimate of drug-likeness (QED) is 0.221. The first-order valence-corrected chi connectivity index (χ1v) is 27.1. The zero-order valence-electron chi connectivity index (χ0n) is 33.1. The van der Waals surface area contributed by atoms with Crippen LogP contribution < -0.4 is 0 Å². The van der Waals surface area contributed by atoms with Crippen molar-refractivity contribution in [3.05, 3.63) is 11.1 Å². The Morgan fingerprint density at radius 1 is 0.848 bits per heavy atom. The Morgan fingerprint density at radius 2 is 1.35 bits per heavy atom. The van der Waals surface area contributed by atoms with Crippen molar-refractivity contribution < 1.29 is 27.9 Å². The average molecular weight is 695 g/mol. The van der Waals surface area contributed by atoms with E-state index in [9.17, 15) is 5.11 Å². The third-order valence-electron chi connectivity index (χ3n) is 14.2. The van der Waals surface area contributed by atoms with Gasteiger partial charge in [0.15, 0.2) is 30.7 Å². The Bertz CT molecular complexity index is 1250. The Kier molecular flexibility index (Phi) is 9.40. The Balaban J connectivity index is 2.09. The van der Waals surface area contributed by atoms with Gasteiger partial charge in [0.05, 0.1) is 35.9 Å². The van der Waals surface area contributed by atoms with E-state index in [0.717, 1.165) is 11.1 Å². The Morgan fingerprint density at radius 3 is 1.78 bits per heavy atom. The van der Waals surface area contributed by atoms with Crippen LogP contribution in [-0.4, -0.2) is 72.5 Å². The predicted octanol–water partition coefficient (Wildman–Crippen LogP) is 9.11. The molecule has 0 amide bonds. The Hall–Kier alpha value is -0.139.